The fourth-order valence-corrected chi connectivity index (χ4v) is 3.05. The van der Waals surface area contributed by atoms with Crippen molar-refractivity contribution in [2.45, 2.75) is 13.0 Å². The maximum absolute atomic E-state index is 6.23. The van der Waals surface area contributed by atoms with Crippen molar-refractivity contribution < 1.29 is 0 Å². The molecular formula is C15H14Cl2N2. The molecule has 0 fully saturated rings. The van der Waals surface area contributed by atoms with Crippen LogP contribution in [0.1, 0.15) is 11.1 Å². The van der Waals surface area contributed by atoms with Crippen molar-refractivity contribution in [2.75, 3.05) is 17.2 Å². The number of nitrogens with zero attached hydrogens (tertiary/aromatic N) is 1. The Bertz CT molecular complexity index is 605. The van der Waals surface area contributed by atoms with E-state index in [2.05, 4.69) is 11.0 Å². The summed E-state index contributed by atoms with van der Waals surface area (Å²) >= 11 is 12.5. The number of fused-ring (bicyclic) bond motifs is 1. The molecule has 98 valence electrons. The normalized spacial score (nSPS) is 13.7. The van der Waals surface area contributed by atoms with E-state index in [1.807, 2.05) is 30.3 Å². The number of nitrogens with two attached hydrogens (primary N) is 1. The Morgan fingerprint density at radius 3 is 2.58 bits per heavy atom. The topological polar surface area (TPSA) is 29.3 Å². The Kier molecular flexibility index (Phi) is 3.29. The van der Waals surface area contributed by atoms with E-state index in [9.17, 15) is 0 Å². The van der Waals surface area contributed by atoms with Gasteiger partial charge in [-0.05, 0) is 42.3 Å². The van der Waals surface area contributed by atoms with Gasteiger partial charge in [-0.15, -0.1) is 0 Å². The number of hydrogen-bond donors (Lipinski definition) is 1. The van der Waals surface area contributed by atoms with Crippen molar-refractivity contribution in [1.82, 2.24) is 0 Å². The largest absolute Gasteiger partial charge is 0.399 e. The van der Waals surface area contributed by atoms with Gasteiger partial charge in [0.25, 0.3) is 0 Å². The Balaban J connectivity index is 1.91. The molecular weight excluding hydrogens is 279 g/mol. The van der Waals surface area contributed by atoms with Gasteiger partial charge in [0.1, 0.15) is 0 Å². The van der Waals surface area contributed by atoms with Crippen LogP contribution in [0.25, 0.3) is 0 Å². The minimum atomic E-state index is 0.719. The first-order valence-electron chi connectivity index (χ1n) is 6.21. The third kappa shape index (κ3) is 2.38. The molecule has 0 aliphatic carbocycles. The quantitative estimate of drug-likeness (QED) is 0.843. The molecule has 3 rings (SSSR count). The predicted octanol–water partition coefficient (Wildman–Crippen LogP) is 4.14. The number of halogens is 2. The molecule has 2 N–H and O–H groups in total. The maximum Gasteiger partial charge on any atom is 0.0470 e. The lowest BCUT2D eigenvalue weighted by Gasteiger charge is -2.21. The second kappa shape index (κ2) is 4.95. The van der Waals surface area contributed by atoms with E-state index in [1.54, 1.807) is 0 Å². The van der Waals surface area contributed by atoms with Crippen LogP contribution in [0.15, 0.2) is 36.4 Å². The van der Waals surface area contributed by atoms with Crippen LogP contribution >= 0.6 is 23.2 Å². The van der Waals surface area contributed by atoms with Crippen LogP contribution in [0.5, 0.6) is 0 Å². The van der Waals surface area contributed by atoms with Gasteiger partial charge in [0.2, 0.25) is 0 Å². The van der Waals surface area contributed by atoms with Gasteiger partial charge in [-0.25, -0.2) is 0 Å². The number of benzene rings is 2. The van der Waals surface area contributed by atoms with Crippen LogP contribution in [0.3, 0.4) is 0 Å². The summed E-state index contributed by atoms with van der Waals surface area (Å²) in [5, 5.41) is 1.44. The molecule has 0 spiro atoms. The number of rotatable bonds is 2. The highest BCUT2D eigenvalue weighted by Gasteiger charge is 2.20. The summed E-state index contributed by atoms with van der Waals surface area (Å²) in [6, 6.07) is 11.7. The van der Waals surface area contributed by atoms with Gasteiger partial charge in [-0.1, -0.05) is 29.3 Å². The molecule has 2 nitrogen and oxygen atoms in total. The molecule has 1 heterocycles. The molecule has 0 radical (unpaired) electrons. The molecule has 0 atom stereocenters. The summed E-state index contributed by atoms with van der Waals surface area (Å²) in [6.07, 6.45) is 1.02. The highest BCUT2D eigenvalue weighted by Crippen LogP contribution is 2.33. The first-order valence-corrected chi connectivity index (χ1v) is 6.97. The SMILES string of the molecule is Nc1ccc2c(c1)CCN2Cc1c(Cl)cccc1Cl. The van der Waals surface area contributed by atoms with Crippen LogP contribution in [0.4, 0.5) is 11.4 Å². The zero-order chi connectivity index (χ0) is 13.4. The van der Waals surface area contributed by atoms with Crippen molar-refractivity contribution in [1.29, 1.82) is 0 Å². The minimum Gasteiger partial charge on any atom is -0.399 e. The van der Waals surface area contributed by atoms with Crippen LogP contribution in [0.2, 0.25) is 10.0 Å². The molecule has 1 aliphatic heterocycles. The Morgan fingerprint density at radius 2 is 1.84 bits per heavy atom. The average molecular weight is 293 g/mol. The zero-order valence-electron chi connectivity index (χ0n) is 10.4. The van der Waals surface area contributed by atoms with E-state index < -0.39 is 0 Å². The van der Waals surface area contributed by atoms with Gasteiger partial charge in [0, 0.05) is 40.1 Å². The Labute approximate surface area is 122 Å². The summed E-state index contributed by atoms with van der Waals surface area (Å²) < 4.78 is 0. The van der Waals surface area contributed by atoms with Gasteiger partial charge in [-0.2, -0.15) is 0 Å². The molecule has 2 aromatic rings. The van der Waals surface area contributed by atoms with E-state index in [0.29, 0.717) is 0 Å². The Morgan fingerprint density at radius 1 is 1.11 bits per heavy atom. The van der Waals surface area contributed by atoms with E-state index in [0.717, 1.165) is 40.8 Å². The lowest BCUT2D eigenvalue weighted by atomic mass is 10.1. The first-order chi connectivity index (χ1) is 9.15. The van der Waals surface area contributed by atoms with Crippen LogP contribution in [0, 0.1) is 0 Å². The van der Waals surface area contributed by atoms with E-state index in [4.69, 9.17) is 28.9 Å². The fraction of sp³-hybridized carbons (Fsp3) is 0.200. The van der Waals surface area contributed by atoms with Crippen LogP contribution < -0.4 is 10.6 Å². The lowest BCUT2D eigenvalue weighted by Crippen LogP contribution is -2.20. The molecule has 0 bridgehead atoms. The molecule has 2 aromatic carbocycles. The van der Waals surface area contributed by atoms with Crippen molar-refractivity contribution in [3.63, 3.8) is 0 Å². The molecule has 0 saturated heterocycles. The van der Waals surface area contributed by atoms with E-state index in [1.165, 1.54) is 11.3 Å². The average Bonchev–Trinajstić information content (AvgIpc) is 2.76. The molecule has 0 saturated carbocycles. The highest BCUT2D eigenvalue weighted by molar-refractivity contribution is 6.36. The van der Waals surface area contributed by atoms with Gasteiger partial charge in [0.15, 0.2) is 0 Å². The predicted molar refractivity (Wildman–Crippen MR) is 82.1 cm³/mol. The van der Waals surface area contributed by atoms with E-state index in [-0.39, 0.29) is 0 Å². The van der Waals surface area contributed by atoms with Crippen molar-refractivity contribution >= 4 is 34.6 Å². The van der Waals surface area contributed by atoms with Gasteiger partial charge in [-0.3, -0.25) is 0 Å². The molecule has 1 aliphatic rings. The van der Waals surface area contributed by atoms with Gasteiger partial charge >= 0.3 is 0 Å². The third-order valence-electron chi connectivity index (χ3n) is 3.51. The number of anilines is 2. The Hall–Kier alpha value is -1.38. The standard InChI is InChI=1S/C15H14Cl2N2/c16-13-2-1-3-14(17)12(13)9-19-7-6-10-8-11(18)4-5-15(10)19/h1-5,8H,6-7,9,18H2. The van der Waals surface area contributed by atoms with Gasteiger partial charge < -0.3 is 10.6 Å². The molecule has 0 aromatic heterocycles. The van der Waals surface area contributed by atoms with Crippen LogP contribution in [-0.4, -0.2) is 6.54 Å². The highest BCUT2D eigenvalue weighted by atomic mass is 35.5. The fourth-order valence-electron chi connectivity index (χ4n) is 2.53. The van der Waals surface area contributed by atoms with Crippen molar-refractivity contribution in [3.8, 4) is 0 Å². The minimum absolute atomic E-state index is 0.719. The first kappa shape index (κ1) is 12.6. The number of hydrogen-bond acceptors (Lipinski definition) is 2. The molecule has 0 unspecified atom stereocenters. The number of nitrogen functional groups attached to an aromatic ring is 1. The molecule has 4 heteroatoms. The van der Waals surface area contributed by atoms with Crippen LogP contribution in [-0.2, 0) is 13.0 Å². The second-order valence-corrected chi connectivity index (χ2v) is 5.57. The maximum atomic E-state index is 6.23. The molecule has 0 amide bonds. The second-order valence-electron chi connectivity index (χ2n) is 4.76. The third-order valence-corrected chi connectivity index (χ3v) is 4.21. The summed E-state index contributed by atoms with van der Waals surface area (Å²) in [5.41, 5.74) is 10.1. The smallest absolute Gasteiger partial charge is 0.0470 e. The summed E-state index contributed by atoms with van der Waals surface area (Å²) in [6.45, 7) is 1.70. The molecule has 19 heavy (non-hydrogen) atoms. The van der Waals surface area contributed by atoms with Crippen molar-refractivity contribution in [3.05, 3.63) is 57.6 Å². The van der Waals surface area contributed by atoms with Crippen molar-refractivity contribution in [2.24, 2.45) is 0 Å². The lowest BCUT2D eigenvalue weighted by molar-refractivity contribution is 0.836. The monoisotopic (exact) mass is 292 g/mol. The summed E-state index contributed by atoms with van der Waals surface area (Å²) in [4.78, 5) is 2.29. The summed E-state index contributed by atoms with van der Waals surface area (Å²) in [7, 11) is 0. The zero-order valence-corrected chi connectivity index (χ0v) is 11.9. The summed E-state index contributed by atoms with van der Waals surface area (Å²) in [5.74, 6) is 0. The van der Waals surface area contributed by atoms with Gasteiger partial charge in [0.05, 0.1) is 0 Å². The van der Waals surface area contributed by atoms with E-state index >= 15 is 0 Å².